The number of benzene rings is 1. The molecule has 134 valence electrons. The van der Waals surface area contributed by atoms with E-state index in [4.69, 9.17) is 23.4 Å². The van der Waals surface area contributed by atoms with Crippen LogP contribution in [0.4, 0.5) is 5.88 Å². The average Bonchev–Trinajstić information content (AvgIpc) is 3.09. The molecule has 0 saturated heterocycles. The number of ether oxygens (including phenoxy) is 4. The number of amides is 1. The van der Waals surface area contributed by atoms with Crippen LogP contribution in [-0.2, 0) is 4.74 Å². The van der Waals surface area contributed by atoms with Gasteiger partial charge in [-0.3, -0.25) is 10.1 Å². The van der Waals surface area contributed by atoms with Gasteiger partial charge in [-0.1, -0.05) is 0 Å². The molecule has 0 aliphatic rings. The van der Waals surface area contributed by atoms with Crippen molar-refractivity contribution in [2.24, 2.45) is 0 Å². The van der Waals surface area contributed by atoms with Crippen molar-refractivity contribution in [1.82, 2.24) is 0 Å². The Kier molecular flexibility index (Phi) is 5.89. The van der Waals surface area contributed by atoms with Gasteiger partial charge in [0.15, 0.2) is 11.5 Å². The van der Waals surface area contributed by atoms with Crippen LogP contribution in [0.25, 0.3) is 0 Å². The smallest absolute Gasteiger partial charge is 0.374 e. The highest BCUT2D eigenvalue weighted by molar-refractivity contribution is 6.06. The van der Waals surface area contributed by atoms with Gasteiger partial charge in [0.25, 0.3) is 5.91 Å². The van der Waals surface area contributed by atoms with Gasteiger partial charge >= 0.3 is 5.97 Å². The lowest BCUT2D eigenvalue weighted by molar-refractivity contribution is 0.0490. The van der Waals surface area contributed by atoms with Gasteiger partial charge in [0.05, 0.1) is 33.5 Å². The Morgan fingerprint density at radius 2 is 1.64 bits per heavy atom. The quantitative estimate of drug-likeness (QED) is 0.768. The van der Waals surface area contributed by atoms with Crippen LogP contribution < -0.4 is 19.5 Å². The summed E-state index contributed by atoms with van der Waals surface area (Å²) in [5, 5.41) is 2.55. The van der Waals surface area contributed by atoms with Gasteiger partial charge in [-0.05, 0) is 13.0 Å². The summed E-state index contributed by atoms with van der Waals surface area (Å²) in [7, 11) is 4.38. The normalized spacial score (nSPS) is 10.1. The van der Waals surface area contributed by atoms with Crippen molar-refractivity contribution in [2.75, 3.05) is 33.3 Å². The minimum atomic E-state index is -0.605. The highest BCUT2D eigenvalue weighted by atomic mass is 16.5. The van der Waals surface area contributed by atoms with Crippen LogP contribution in [0.2, 0.25) is 0 Å². The summed E-state index contributed by atoms with van der Waals surface area (Å²) in [5.41, 5.74) is 0.217. The topological polar surface area (TPSA) is 96.2 Å². The minimum absolute atomic E-state index is 0.00331. The number of anilines is 1. The maximum absolute atomic E-state index is 12.5. The summed E-state index contributed by atoms with van der Waals surface area (Å²) in [5.74, 6) is 0.0986. The largest absolute Gasteiger partial charge is 0.496 e. The molecule has 0 spiro atoms. The molecule has 1 N–H and O–H groups in total. The van der Waals surface area contributed by atoms with Crippen LogP contribution in [0, 0.1) is 0 Å². The molecule has 0 bridgehead atoms. The second-order valence-electron chi connectivity index (χ2n) is 4.75. The second-order valence-corrected chi connectivity index (χ2v) is 4.75. The van der Waals surface area contributed by atoms with Gasteiger partial charge < -0.3 is 23.4 Å². The molecule has 1 aromatic carbocycles. The number of methoxy groups -OCH3 is 3. The maximum atomic E-state index is 12.5. The summed E-state index contributed by atoms with van der Waals surface area (Å²) in [6.45, 7) is 1.91. The van der Waals surface area contributed by atoms with Crippen LogP contribution in [0.1, 0.15) is 27.8 Å². The van der Waals surface area contributed by atoms with Gasteiger partial charge in [-0.25, -0.2) is 4.79 Å². The monoisotopic (exact) mass is 349 g/mol. The molecule has 0 aliphatic carbocycles. The van der Waals surface area contributed by atoms with Crippen molar-refractivity contribution >= 4 is 17.8 Å². The Bertz CT molecular complexity index is 766. The zero-order chi connectivity index (χ0) is 18.4. The highest BCUT2D eigenvalue weighted by Gasteiger charge is 2.20. The molecule has 0 unspecified atom stereocenters. The van der Waals surface area contributed by atoms with E-state index >= 15 is 0 Å². The van der Waals surface area contributed by atoms with Gasteiger partial charge in [-0.2, -0.15) is 0 Å². The van der Waals surface area contributed by atoms with E-state index in [9.17, 15) is 9.59 Å². The van der Waals surface area contributed by atoms with E-state index in [1.807, 2.05) is 0 Å². The standard InChI is InChI=1S/C17H19NO7/c1-5-24-17(20)11-6-7-15(25-11)18-16(19)10-8-13(22-3)14(23-4)9-12(10)21-2/h6-9H,5H2,1-4H3,(H,18,19). The van der Waals surface area contributed by atoms with Crippen molar-refractivity contribution in [3.05, 3.63) is 35.6 Å². The minimum Gasteiger partial charge on any atom is -0.496 e. The molecular weight excluding hydrogens is 330 g/mol. The number of carbonyl (C=O) groups excluding carboxylic acids is 2. The zero-order valence-corrected chi connectivity index (χ0v) is 14.4. The number of nitrogens with one attached hydrogen (secondary N) is 1. The van der Waals surface area contributed by atoms with Crippen LogP contribution in [0.3, 0.4) is 0 Å². The molecule has 25 heavy (non-hydrogen) atoms. The predicted molar refractivity (Wildman–Crippen MR) is 88.7 cm³/mol. The molecule has 8 nitrogen and oxygen atoms in total. The molecule has 0 fully saturated rings. The van der Waals surface area contributed by atoms with E-state index in [1.165, 1.54) is 39.5 Å². The summed E-state index contributed by atoms with van der Waals surface area (Å²) >= 11 is 0. The molecule has 2 aromatic rings. The molecule has 0 radical (unpaired) electrons. The van der Waals surface area contributed by atoms with Crippen LogP contribution in [0.15, 0.2) is 28.7 Å². The summed E-state index contributed by atoms with van der Waals surface area (Å²) in [6.07, 6.45) is 0. The Hall–Kier alpha value is -3.16. The van der Waals surface area contributed by atoms with Crippen LogP contribution in [0.5, 0.6) is 17.2 Å². The Morgan fingerprint density at radius 1 is 1.00 bits per heavy atom. The third kappa shape index (κ3) is 4.03. The number of hydrogen-bond acceptors (Lipinski definition) is 7. The lowest BCUT2D eigenvalue weighted by Crippen LogP contribution is -2.13. The summed E-state index contributed by atoms with van der Waals surface area (Å²) in [6, 6.07) is 5.90. The fourth-order valence-electron chi connectivity index (χ4n) is 2.10. The van der Waals surface area contributed by atoms with Crippen molar-refractivity contribution < 1.29 is 33.0 Å². The van der Waals surface area contributed by atoms with Crippen LogP contribution in [-0.4, -0.2) is 39.8 Å². The van der Waals surface area contributed by atoms with E-state index in [1.54, 1.807) is 13.0 Å². The Labute approximate surface area is 144 Å². The number of hydrogen-bond donors (Lipinski definition) is 1. The average molecular weight is 349 g/mol. The fourth-order valence-corrected chi connectivity index (χ4v) is 2.10. The third-order valence-corrected chi connectivity index (χ3v) is 3.27. The van der Waals surface area contributed by atoms with Crippen molar-refractivity contribution in [1.29, 1.82) is 0 Å². The van der Waals surface area contributed by atoms with Crippen molar-refractivity contribution in [2.45, 2.75) is 6.92 Å². The summed E-state index contributed by atoms with van der Waals surface area (Å²) < 4.78 is 25.7. The molecule has 0 atom stereocenters. The first-order chi connectivity index (χ1) is 12.0. The first kappa shape index (κ1) is 18.2. The number of esters is 1. The molecule has 1 aromatic heterocycles. The number of carbonyl (C=O) groups is 2. The fraction of sp³-hybridized carbons (Fsp3) is 0.294. The molecule has 0 aliphatic heterocycles. The highest BCUT2D eigenvalue weighted by Crippen LogP contribution is 2.35. The number of rotatable bonds is 7. The van der Waals surface area contributed by atoms with Gasteiger partial charge in [0.2, 0.25) is 11.6 Å². The van der Waals surface area contributed by atoms with E-state index in [0.29, 0.717) is 17.2 Å². The molecular formula is C17H19NO7. The van der Waals surface area contributed by atoms with Crippen molar-refractivity contribution in [3.8, 4) is 17.2 Å². The third-order valence-electron chi connectivity index (χ3n) is 3.27. The van der Waals surface area contributed by atoms with E-state index in [0.717, 1.165) is 0 Å². The van der Waals surface area contributed by atoms with E-state index in [-0.39, 0.29) is 23.8 Å². The molecule has 1 amide bonds. The Balaban J connectivity index is 2.24. The van der Waals surface area contributed by atoms with E-state index < -0.39 is 11.9 Å². The molecule has 8 heteroatoms. The molecule has 1 heterocycles. The van der Waals surface area contributed by atoms with Crippen molar-refractivity contribution in [3.63, 3.8) is 0 Å². The predicted octanol–water partition coefficient (Wildman–Crippen LogP) is 2.73. The summed E-state index contributed by atoms with van der Waals surface area (Å²) in [4.78, 5) is 24.1. The SMILES string of the molecule is CCOC(=O)c1ccc(NC(=O)c2cc(OC)c(OC)cc2OC)o1. The first-order valence-electron chi connectivity index (χ1n) is 7.42. The lowest BCUT2D eigenvalue weighted by Gasteiger charge is -2.13. The first-order valence-corrected chi connectivity index (χ1v) is 7.42. The van der Waals surface area contributed by atoms with Gasteiger partial charge in [0, 0.05) is 18.2 Å². The number of furan rings is 1. The molecule has 0 saturated carbocycles. The molecule has 2 rings (SSSR count). The zero-order valence-electron chi connectivity index (χ0n) is 14.4. The Morgan fingerprint density at radius 3 is 2.24 bits per heavy atom. The van der Waals surface area contributed by atoms with Gasteiger partial charge in [0.1, 0.15) is 5.75 Å². The maximum Gasteiger partial charge on any atom is 0.374 e. The second kappa shape index (κ2) is 8.09. The lowest BCUT2D eigenvalue weighted by atomic mass is 10.1. The van der Waals surface area contributed by atoms with Gasteiger partial charge in [-0.15, -0.1) is 0 Å². The van der Waals surface area contributed by atoms with Crippen LogP contribution >= 0.6 is 0 Å². The van der Waals surface area contributed by atoms with E-state index in [2.05, 4.69) is 5.32 Å².